The van der Waals surface area contributed by atoms with Gasteiger partial charge < -0.3 is 55.6 Å². The third-order valence-electron chi connectivity index (χ3n) is 7.60. The maximum Gasteiger partial charge on any atom is 0.483 e. The number of H-pyrrole nitrogens is 1. The second-order valence-corrected chi connectivity index (χ2v) is 14.3. The molecule has 25 nitrogen and oxygen atoms in total. The molecule has 0 aromatic carbocycles. The number of rotatable bonds is 15. The normalized spacial score (nSPS) is 31.1. The van der Waals surface area contributed by atoms with Crippen LogP contribution in [0.15, 0.2) is 17.3 Å². The van der Waals surface area contributed by atoms with Crippen molar-refractivity contribution < 1.29 is 77.2 Å². The summed E-state index contributed by atoms with van der Waals surface area (Å²) in [7, 11) is -11.2. The zero-order chi connectivity index (χ0) is 36.5. The van der Waals surface area contributed by atoms with Gasteiger partial charge in [0.05, 0.1) is 25.2 Å². The van der Waals surface area contributed by atoms with Crippen LogP contribution in [0.5, 0.6) is 0 Å². The number of fused-ring (bicyclic) bond motifs is 1. The number of aliphatic hydroxyl groups excluding tert-OH is 5. The van der Waals surface area contributed by atoms with Crippen molar-refractivity contribution in [1.82, 2.24) is 34.5 Å². The van der Waals surface area contributed by atoms with Crippen LogP contribution in [0.2, 0.25) is 0 Å². The number of phosphoric acid groups is 2. The average Bonchev–Trinajstić information content (AvgIpc) is 3.73. The van der Waals surface area contributed by atoms with E-state index in [1.165, 1.54) is 10.9 Å². The van der Waals surface area contributed by atoms with E-state index in [-0.39, 0.29) is 30.1 Å². The number of nitrogens with one attached hydrogen (secondary N) is 1. The number of aliphatic carboxylic acids is 1. The first-order chi connectivity index (χ1) is 23.4. The predicted molar refractivity (Wildman–Crippen MR) is 158 cm³/mol. The third-order valence-corrected chi connectivity index (χ3v) is 10.2. The molecule has 2 unspecified atom stereocenters. The van der Waals surface area contributed by atoms with Crippen molar-refractivity contribution in [2.75, 3.05) is 12.3 Å². The molecule has 0 aliphatic carbocycles. The van der Waals surface area contributed by atoms with Crippen LogP contribution in [-0.2, 0) is 49.7 Å². The van der Waals surface area contributed by atoms with Crippen molar-refractivity contribution in [3.05, 3.63) is 28.6 Å². The number of carboxylic acids is 1. The second-order valence-electron chi connectivity index (χ2n) is 11.3. The molecule has 2 aliphatic heterocycles. The van der Waals surface area contributed by atoms with Crippen molar-refractivity contribution in [2.45, 2.75) is 87.5 Å². The number of hydrogen-bond acceptors (Lipinski definition) is 19. The van der Waals surface area contributed by atoms with Crippen LogP contribution in [0.1, 0.15) is 31.2 Å². The van der Waals surface area contributed by atoms with Gasteiger partial charge in [-0.1, -0.05) is 5.21 Å². The highest BCUT2D eigenvalue weighted by Crippen LogP contribution is 2.61. The van der Waals surface area contributed by atoms with Gasteiger partial charge in [-0.15, -0.1) is 5.10 Å². The fourth-order valence-corrected chi connectivity index (χ4v) is 7.32. The predicted octanol–water partition coefficient (Wildman–Crippen LogP) is -3.53. The number of nitrogens with zero attached hydrogens (tertiary/aromatic N) is 6. The van der Waals surface area contributed by atoms with Crippen LogP contribution in [0.4, 0.5) is 5.95 Å². The Morgan fingerprint density at radius 3 is 2.44 bits per heavy atom. The van der Waals surface area contributed by atoms with E-state index in [2.05, 4.69) is 34.1 Å². The summed E-state index contributed by atoms with van der Waals surface area (Å²) >= 11 is 0. The maximum absolute atomic E-state index is 12.7. The summed E-state index contributed by atoms with van der Waals surface area (Å²) in [6.45, 7) is -1.34. The molecular weight excluding hydrogens is 722 g/mol. The molecule has 11 N–H and O–H groups in total. The molecule has 0 radical (unpaired) electrons. The number of phosphoric ester groups is 2. The summed E-state index contributed by atoms with van der Waals surface area (Å²) in [4.78, 5) is 53.1. The number of nitrogen functional groups attached to an aromatic ring is 1. The summed E-state index contributed by atoms with van der Waals surface area (Å²) in [5.74, 6) is -1.23. The highest BCUT2D eigenvalue weighted by atomic mass is 31.3. The van der Waals surface area contributed by atoms with Crippen molar-refractivity contribution >= 4 is 38.7 Å². The van der Waals surface area contributed by atoms with Gasteiger partial charge in [0.1, 0.15) is 42.7 Å². The Balaban J connectivity index is 1.17. The summed E-state index contributed by atoms with van der Waals surface area (Å²) in [6, 6.07) is 0. The number of aromatic amines is 1. The highest BCUT2D eigenvalue weighted by Gasteiger charge is 2.50. The van der Waals surface area contributed by atoms with E-state index in [9.17, 15) is 54.0 Å². The minimum Gasteiger partial charge on any atom is -0.481 e. The van der Waals surface area contributed by atoms with E-state index in [1.807, 2.05) is 0 Å². The first-order valence-corrected chi connectivity index (χ1v) is 17.7. The van der Waals surface area contributed by atoms with Gasteiger partial charge in [-0.3, -0.25) is 28.2 Å². The number of anilines is 1. The lowest BCUT2D eigenvalue weighted by Crippen LogP contribution is -2.58. The fraction of sp³-hybridized carbons (Fsp3) is 0.652. The molecule has 2 saturated heterocycles. The van der Waals surface area contributed by atoms with Crippen molar-refractivity contribution in [3.8, 4) is 0 Å². The topological polar surface area (TPSA) is 380 Å². The summed E-state index contributed by atoms with van der Waals surface area (Å²) in [5, 5.41) is 68.6. The Hall–Kier alpha value is -3.26. The number of hydrogen-bond donors (Lipinski definition) is 10. The number of carbonyl (C=O) groups is 1. The quantitative estimate of drug-likeness (QED) is 0.0530. The molecule has 3 aromatic rings. The molecule has 0 amide bonds. The molecule has 0 saturated carbocycles. The first kappa shape index (κ1) is 38.0. The van der Waals surface area contributed by atoms with Crippen LogP contribution >= 0.6 is 15.6 Å². The Morgan fingerprint density at radius 2 is 1.72 bits per heavy atom. The number of nitrogens with two attached hydrogens (primary N) is 1. The zero-order valence-corrected chi connectivity index (χ0v) is 27.3. The molecule has 2 fully saturated rings. The number of unbranched alkanes of at least 4 members (excludes halogenated alkanes) is 1. The van der Waals surface area contributed by atoms with Gasteiger partial charge in [-0.25, -0.2) is 18.8 Å². The van der Waals surface area contributed by atoms with Crippen LogP contribution in [0.25, 0.3) is 11.2 Å². The van der Waals surface area contributed by atoms with Gasteiger partial charge in [-0.2, -0.15) is 9.29 Å². The molecule has 5 rings (SSSR count). The largest absolute Gasteiger partial charge is 0.483 e. The molecule has 2 aliphatic rings. The van der Waals surface area contributed by atoms with Gasteiger partial charge in [0.2, 0.25) is 5.95 Å². The number of aryl methyl sites for hydroxylation is 1. The summed E-state index contributed by atoms with van der Waals surface area (Å²) in [6.07, 6.45) is -12.3. The van der Waals surface area contributed by atoms with Gasteiger partial charge in [0.25, 0.3) is 5.56 Å². The smallest absolute Gasteiger partial charge is 0.481 e. The van der Waals surface area contributed by atoms with Crippen molar-refractivity contribution in [2.24, 2.45) is 0 Å². The zero-order valence-electron chi connectivity index (χ0n) is 25.5. The lowest BCUT2D eigenvalue weighted by Gasteiger charge is -2.40. The van der Waals surface area contributed by atoms with Crippen LogP contribution in [-0.4, -0.2) is 137 Å². The average molecular weight is 757 g/mol. The molecule has 0 spiro atoms. The van der Waals surface area contributed by atoms with Gasteiger partial charge in [0, 0.05) is 12.6 Å². The Labute approximate surface area is 279 Å². The SMILES string of the molecule is Nc1nc2c(ncn2[C@@H]2O[C@H](COP(=O)(O)OP(=O)(O)O[C@H]3O[C@@H](Cn4cc(CCCCC(=O)O)nn4)[C@@H](O)[C@@H](O)[C@@H]3O)[C@@H](O)[C@H]2O)c(=O)[nH]1. The summed E-state index contributed by atoms with van der Waals surface area (Å²) in [5.41, 5.74) is 5.03. The monoisotopic (exact) mass is 756 g/mol. The molecule has 50 heavy (non-hydrogen) atoms. The molecular formula is C23H34N8O17P2. The van der Waals surface area contributed by atoms with E-state index in [4.69, 9.17) is 24.8 Å². The molecule has 5 heterocycles. The molecule has 11 atom stereocenters. The summed E-state index contributed by atoms with van der Waals surface area (Å²) < 4.78 is 52.1. The van der Waals surface area contributed by atoms with Crippen molar-refractivity contribution in [3.63, 3.8) is 0 Å². The van der Waals surface area contributed by atoms with E-state index >= 15 is 0 Å². The standard InChI is InChI=1S/C23H34N8O17P2/c24-23-26-19-13(20(39)27-23)25-8-31(19)21-17(37)15(35)11(45-21)7-44-49(40,41)48-50(42,43)47-22-18(38)16(36)14(34)10(46-22)6-30-5-9(28-29-30)3-1-2-4-12(32)33/h5,8,10-11,14-18,21-22,34-38H,1-4,6-7H2,(H,32,33)(H,40,41)(H,42,43)(H3,24,26,27,39)/t10-,11+,14+,15+,16+,17+,18-,21+,22+/m0/s1. The van der Waals surface area contributed by atoms with E-state index in [1.54, 1.807) is 0 Å². The van der Waals surface area contributed by atoms with Gasteiger partial charge >= 0.3 is 21.6 Å². The van der Waals surface area contributed by atoms with Crippen LogP contribution in [0, 0.1) is 0 Å². The lowest BCUT2D eigenvalue weighted by molar-refractivity contribution is -0.278. The number of aliphatic hydroxyl groups is 5. The molecule has 27 heteroatoms. The third kappa shape index (κ3) is 8.78. The Morgan fingerprint density at radius 1 is 1.00 bits per heavy atom. The van der Waals surface area contributed by atoms with Crippen LogP contribution < -0.4 is 11.3 Å². The molecule has 278 valence electrons. The lowest BCUT2D eigenvalue weighted by atomic mass is 9.99. The van der Waals surface area contributed by atoms with Gasteiger partial charge in [0.15, 0.2) is 23.7 Å². The Kier molecular flexibility index (Phi) is 11.5. The number of carboxylic acid groups (broad SMARTS) is 1. The maximum atomic E-state index is 12.7. The Bertz CT molecular complexity index is 1820. The number of imidazole rings is 1. The van der Waals surface area contributed by atoms with Crippen molar-refractivity contribution in [1.29, 1.82) is 0 Å². The van der Waals surface area contributed by atoms with E-state index < -0.39 is 89.0 Å². The van der Waals surface area contributed by atoms with Gasteiger partial charge in [-0.05, 0) is 19.3 Å². The highest BCUT2D eigenvalue weighted by molar-refractivity contribution is 7.61. The van der Waals surface area contributed by atoms with Crippen LogP contribution in [0.3, 0.4) is 0 Å². The fourth-order valence-electron chi connectivity index (χ4n) is 5.16. The molecule has 3 aromatic heterocycles. The first-order valence-electron chi connectivity index (χ1n) is 14.7. The van der Waals surface area contributed by atoms with E-state index in [0.29, 0.717) is 25.0 Å². The molecule has 0 bridgehead atoms. The minimum atomic E-state index is -5.68. The minimum absolute atomic E-state index is 0.0267. The number of aromatic nitrogens is 7. The van der Waals surface area contributed by atoms with E-state index in [0.717, 1.165) is 10.9 Å². The number of ether oxygens (including phenoxy) is 2. The second kappa shape index (κ2) is 15.1.